The Morgan fingerprint density at radius 2 is 2.18 bits per heavy atom. The molecule has 0 amide bonds. The van der Waals surface area contributed by atoms with Crippen LogP contribution in [0.15, 0.2) is 22.8 Å². The van der Waals surface area contributed by atoms with Crippen LogP contribution in [0.2, 0.25) is 0 Å². The zero-order valence-corrected chi connectivity index (χ0v) is 11.0. The summed E-state index contributed by atoms with van der Waals surface area (Å²) in [6, 6.07) is 3.12. The third kappa shape index (κ3) is 2.41. The van der Waals surface area contributed by atoms with Crippen molar-refractivity contribution in [3.63, 3.8) is 0 Å². The zero-order valence-electron chi connectivity index (χ0n) is 9.46. The molecule has 0 spiro atoms. The molecule has 0 aliphatic rings. The second kappa shape index (κ2) is 4.37. The lowest BCUT2D eigenvalue weighted by Crippen LogP contribution is -1.98. The van der Waals surface area contributed by atoms with Gasteiger partial charge in [-0.1, -0.05) is 0 Å². The number of rotatable bonds is 2. The van der Waals surface area contributed by atoms with Crippen molar-refractivity contribution < 1.29 is 4.39 Å². The highest BCUT2D eigenvalue weighted by molar-refractivity contribution is 9.10. The Balaban J connectivity index is 2.36. The number of aromatic nitrogens is 2. The summed E-state index contributed by atoms with van der Waals surface area (Å²) in [4.78, 5) is 0. The predicted molar refractivity (Wildman–Crippen MR) is 69.7 cm³/mol. The van der Waals surface area contributed by atoms with Crippen LogP contribution in [-0.2, 0) is 7.05 Å². The SMILES string of the molecule is Cc1cc(F)c(Br)cc1Nc1nn(C)cc1N. The minimum absolute atomic E-state index is 0.290. The number of nitrogens with one attached hydrogen (secondary N) is 1. The molecule has 0 atom stereocenters. The number of nitrogen functional groups attached to an aromatic ring is 1. The third-order valence-electron chi connectivity index (χ3n) is 2.38. The quantitative estimate of drug-likeness (QED) is 0.896. The van der Waals surface area contributed by atoms with Gasteiger partial charge in [0.15, 0.2) is 5.82 Å². The lowest BCUT2D eigenvalue weighted by atomic mass is 10.2. The van der Waals surface area contributed by atoms with Gasteiger partial charge in [-0.05, 0) is 40.5 Å². The molecule has 0 fully saturated rings. The van der Waals surface area contributed by atoms with E-state index in [0.717, 1.165) is 11.3 Å². The maximum Gasteiger partial charge on any atom is 0.175 e. The Labute approximate surface area is 107 Å². The van der Waals surface area contributed by atoms with Crippen molar-refractivity contribution in [3.8, 4) is 0 Å². The maximum atomic E-state index is 13.3. The van der Waals surface area contributed by atoms with Crippen LogP contribution in [0.25, 0.3) is 0 Å². The molecule has 1 aromatic carbocycles. The van der Waals surface area contributed by atoms with E-state index in [9.17, 15) is 4.39 Å². The molecular formula is C11H12BrFN4. The van der Waals surface area contributed by atoms with Crippen molar-refractivity contribution in [2.45, 2.75) is 6.92 Å². The largest absolute Gasteiger partial charge is 0.394 e. The van der Waals surface area contributed by atoms with Gasteiger partial charge in [0.2, 0.25) is 0 Å². The van der Waals surface area contributed by atoms with E-state index in [0.29, 0.717) is 16.0 Å². The van der Waals surface area contributed by atoms with Crippen molar-refractivity contribution >= 4 is 33.1 Å². The molecule has 0 radical (unpaired) electrons. The minimum Gasteiger partial charge on any atom is -0.394 e. The number of hydrogen-bond acceptors (Lipinski definition) is 3. The fourth-order valence-electron chi connectivity index (χ4n) is 1.51. The highest BCUT2D eigenvalue weighted by Gasteiger charge is 2.09. The van der Waals surface area contributed by atoms with Gasteiger partial charge >= 0.3 is 0 Å². The summed E-state index contributed by atoms with van der Waals surface area (Å²) < 4.78 is 15.3. The first-order valence-corrected chi connectivity index (χ1v) is 5.78. The molecular weight excluding hydrogens is 287 g/mol. The van der Waals surface area contributed by atoms with Crippen molar-refractivity contribution in [1.82, 2.24) is 9.78 Å². The first-order valence-electron chi connectivity index (χ1n) is 4.99. The van der Waals surface area contributed by atoms with Crippen LogP contribution >= 0.6 is 15.9 Å². The Kier molecular flexibility index (Phi) is 3.06. The van der Waals surface area contributed by atoms with E-state index in [1.807, 2.05) is 6.92 Å². The molecule has 6 heteroatoms. The van der Waals surface area contributed by atoms with Gasteiger partial charge in [0.05, 0.1) is 10.2 Å². The summed E-state index contributed by atoms with van der Waals surface area (Å²) >= 11 is 3.15. The molecule has 2 rings (SSSR count). The monoisotopic (exact) mass is 298 g/mol. The first-order chi connectivity index (χ1) is 7.97. The number of anilines is 3. The van der Waals surface area contributed by atoms with E-state index >= 15 is 0 Å². The van der Waals surface area contributed by atoms with Crippen LogP contribution in [0.5, 0.6) is 0 Å². The van der Waals surface area contributed by atoms with E-state index in [4.69, 9.17) is 5.73 Å². The fourth-order valence-corrected chi connectivity index (χ4v) is 1.86. The molecule has 0 aliphatic carbocycles. The van der Waals surface area contributed by atoms with Gasteiger partial charge in [0, 0.05) is 18.9 Å². The van der Waals surface area contributed by atoms with Gasteiger partial charge in [-0.25, -0.2) is 4.39 Å². The number of benzene rings is 1. The van der Waals surface area contributed by atoms with Gasteiger partial charge in [-0.2, -0.15) is 5.10 Å². The molecule has 0 saturated carbocycles. The standard InChI is InChI=1S/C11H12BrFN4/c1-6-3-8(13)7(12)4-10(6)15-11-9(14)5-17(2)16-11/h3-5H,14H2,1-2H3,(H,15,16). The molecule has 0 bridgehead atoms. The lowest BCUT2D eigenvalue weighted by Gasteiger charge is -2.09. The highest BCUT2D eigenvalue weighted by Crippen LogP contribution is 2.28. The number of hydrogen-bond donors (Lipinski definition) is 2. The number of aryl methyl sites for hydroxylation is 2. The van der Waals surface area contributed by atoms with Crippen LogP contribution in [-0.4, -0.2) is 9.78 Å². The molecule has 0 aliphatic heterocycles. The molecule has 4 nitrogen and oxygen atoms in total. The van der Waals surface area contributed by atoms with Crippen LogP contribution in [0, 0.1) is 12.7 Å². The lowest BCUT2D eigenvalue weighted by molar-refractivity contribution is 0.620. The number of nitrogens with two attached hydrogens (primary N) is 1. The van der Waals surface area contributed by atoms with Crippen LogP contribution in [0.1, 0.15) is 5.56 Å². The average molecular weight is 299 g/mol. The average Bonchev–Trinajstić information content (AvgIpc) is 2.54. The van der Waals surface area contributed by atoms with E-state index in [1.54, 1.807) is 24.0 Å². The molecule has 0 unspecified atom stereocenters. The van der Waals surface area contributed by atoms with Crippen molar-refractivity contribution in [1.29, 1.82) is 0 Å². The Bertz CT molecular complexity index is 565. The fraction of sp³-hybridized carbons (Fsp3) is 0.182. The minimum atomic E-state index is -0.290. The summed E-state index contributed by atoms with van der Waals surface area (Å²) in [5, 5.41) is 7.25. The van der Waals surface area contributed by atoms with Crippen molar-refractivity contribution in [2.75, 3.05) is 11.1 Å². The van der Waals surface area contributed by atoms with E-state index in [2.05, 4.69) is 26.3 Å². The Hall–Kier alpha value is -1.56. The van der Waals surface area contributed by atoms with Gasteiger partial charge in [-0.3, -0.25) is 4.68 Å². The van der Waals surface area contributed by atoms with Crippen LogP contribution in [0.3, 0.4) is 0 Å². The van der Waals surface area contributed by atoms with Crippen LogP contribution < -0.4 is 11.1 Å². The van der Waals surface area contributed by atoms with Crippen molar-refractivity contribution in [3.05, 3.63) is 34.2 Å². The summed E-state index contributed by atoms with van der Waals surface area (Å²) in [5.41, 5.74) is 7.88. The summed E-state index contributed by atoms with van der Waals surface area (Å²) in [6.07, 6.45) is 1.70. The number of nitrogens with zero attached hydrogens (tertiary/aromatic N) is 2. The van der Waals surface area contributed by atoms with Gasteiger partial charge in [-0.15, -0.1) is 0 Å². The van der Waals surface area contributed by atoms with E-state index in [1.165, 1.54) is 6.07 Å². The second-order valence-electron chi connectivity index (χ2n) is 3.81. The second-order valence-corrected chi connectivity index (χ2v) is 4.67. The zero-order chi connectivity index (χ0) is 12.6. The van der Waals surface area contributed by atoms with Gasteiger partial charge in [0.25, 0.3) is 0 Å². The van der Waals surface area contributed by atoms with Crippen molar-refractivity contribution in [2.24, 2.45) is 7.05 Å². The van der Waals surface area contributed by atoms with Gasteiger partial charge in [0.1, 0.15) is 5.82 Å². The van der Waals surface area contributed by atoms with Crippen LogP contribution in [0.4, 0.5) is 21.6 Å². The smallest absolute Gasteiger partial charge is 0.175 e. The Morgan fingerprint density at radius 3 is 2.76 bits per heavy atom. The predicted octanol–water partition coefficient (Wildman–Crippen LogP) is 2.96. The number of halogens is 2. The molecule has 1 aromatic heterocycles. The Morgan fingerprint density at radius 1 is 1.47 bits per heavy atom. The molecule has 1 heterocycles. The first kappa shape index (κ1) is 11.9. The third-order valence-corrected chi connectivity index (χ3v) is 2.99. The summed E-state index contributed by atoms with van der Waals surface area (Å²) in [7, 11) is 1.79. The topological polar surface area (TPSA) is 55.9 Å². The molecule has 17 heavy (non-hydrogen) atoms. The van der Waals surface area contributed by atoms with E-state index in [-0.39, 0.29) is 5.82 Å². The normalized spacial score (nSPS) is 10.6. The highest BCUT2D eigenvalue weighted by atomic mass is 79.9. The van der Waals surface area contributed by atoms with E-state index < -0.39 is 0 Å². The summed E-state index contributed by atoms with van der Waals surface area (Å²) in [5.74, 6) is 0.274. The molecule has 2 aromatic rings. The molecule has 90 valence electrons. The molecule has 0 saturated heterocycles. The maximum absolute atomic E-state index is 13.3. The summed E-state index contributed by atoms with van der Waals surface area (Å²) in [6.45, 7) is 1.82. The van der Waals surface area contributed by atoms with Gasteiger partial charge < -0.3 is 11.1 Å². The molecule has 3 N–H and O–H groups in total.